The van der Waals surface area contributed by atoms with Crippen LogP contribution in [-0.4, -0.2) is 47.9 Å². The molecule has 3 aromatic rings. The number of nitrogens with zero attached hydrogens (tertiary/aromatic N) is 1. The first-order valence-electron chi connectivity index (χ1n) is 10.6. The van der Waals surface area contributed by atoms with Crippen LogP contribution in [0.15, 0.2) is 54.7 Å². The van der Waals surface area contributed by atoms with E-state index in [0.29, 0.717) is 30.7 Å². The normalized spacial score (nSPS) is 18.1. The third kappa shape index (κ3) is 3.79. The summed E-state index contributed by atoms with van der Waals surface area (Å²) in [6.07, 6.45) is 2.93. The molecule has 8 heteroatoms. The van der Waals surface area contributed by atoms with Crippen LogP contribution in [0.25, 0.3) is 10.9 Å². The minimum absolute atomic E-state index is 0.323. The van der Waals surface area contributed by atoms with E-state index in [0.717, 1.165) is 21.4 Å². The minimum Gasteiger partial charge on any atom is -0.497 e. The van der Waals surface area contributed by atoms with Gasteiger partial charge in [-0.3, -0.25) is 14.5 Å². The predicted octanol–water partition coefficient (Wildman–Crippen LogP) is 2.69. The lowest BCUT2D eigenvalue weighted by Gasteiger charge is -2.26. The van der Waals surface area contributed by atoms with Crippen molar-refractivity contribution < 1.29 is 19.1 Å². The number of carbonyl (C=O) groups excluding carboxylic acids is 3. The maximum Gasteiger partial charge on any atom is 0.325 e. The average Bonchev–Trinajstić information content (AvgIpc) is 3.33. The van der Waals surface area contributed by atoms with E-state index in [1.807, 2.05) is 37.4 Å². The number of amides is 4. The number of benzene rings is 2. The van der Waals surface area contributed by atoms with E-state index in [-0.39, 0.29) is 12.5 Å². The number of nitrogens with one attached hydrogen (secondary N) is 3. The Labute approximate surface area is 185 Å². The number of carbonyl (C=O) groups is 3. The van der Waals surface area contributed by atoms with Crippen LogP contribution < -0.4 is 15.4 Å². The molecule has 0 aliphatic carbocycles. The van der Waals surface area contributed by atoms with Crippen LogP contribution in [0.2, 0.25) is 0 Å². The Bertz CT molecular complexity index is 1150. The van der Waals surface area contributed by atoms with Crippen LogP contribution in [0.5, 0.6) is 5.75 Å². The fourth-order valence-corrected chi connectivity index (χ4v) is 4.16. The molecule has 1 saturated heterocycles. The standard InChI is InChI=1S/C24H26N4O4/c1-3-24(17-8-10-18(32-2)11-9-17)22(30)28(23(31)27-24)15-21(29)25-13-12-16-14-26-20-7-5-4-6-19(16)20/h4-11,14,26H,3,12-13,15H2,1-2H3,(H,25,29)(H,27,31)/t24-/m1/s1. The quantitative estimate of drug-likeness (QED) is 0.474. The number of aromatic nitrogens is 1. The van der Waals surface area contributed by atoms with E-state index < -0.39 is 17.5 Å². The molecule has 0 saturated carbocycles. The third-order valence-electron chi connectivity index (χ3n) is 5.98. The van der Waals surface area contributed by atoms with Crippen molar-refractivity contribution in [2.75, 3.05) is 20.2 Å². The zero-order valence-corrected chi connectivity index (χ0v) is 18.1. The molecular formula is C24H26N4O4. The maximum absolute atomic E-state index is 13.2. The number of hydrogen-bond acceptors (Lipinski definition) is 4. The molecule has 2 heterocycles. The molecule has 1 fully saturated rings. The van der Waals surface area contributed by atoms with Crippen LogP contribution >= 0.6 is 0 Å². The van der Waals surface area contributed by atoms with Gasteiger partial charge in [-0.2, -0.15) is 0 Å². The predicted molar refractivity (Wildman–Crippen MR) is 120 cm³/mol. The number of imide groups is 1. The molecule has 0 bridgehead atoms. The molecule has 166 valence electrons. The zero-order chi connectivity index (χ0) is 22.7. The second-order valence-corrected chi connectivity index (χ2v) is 7.77. The van der Waals surface area contributed by atoms with E-state index in [4.69, 9.17) is 4.74 Å². The van der Waals surface area contributed by atoms with Gasteiger partial charge in [-0.15, -0.1) is 0 Å². The Morgan fingerprint density at radius 2 is 1.88 bits per heavy atom. The van der Waals surface area contributed by atoms with Crippen molar-refractivity contribution in [2.45, 2.75) is 25.3 Å². The largest absolute Gasteiger partial charge is 0.497 e. The summed E-state index contributed by atoms with van der Waals surface area (Å²) >= 11 is 0. The van der Waals surface area contributed by atoms with Gasteiger partial charge in [0.1, 0.15) is 17.8 Å². The van der Waals surface area contributed by atoms with Crippen molar-refractivity contribution in [3.8, 4) is 5.75 Å². The number of aromatic amines is 1. The summed E-state index contributed by atoms with van der Waals surface area (Å²) in [5.41, 5.74) is 1.61. The van der Waals surface area contributed by atoms with E-state index in [1.165, 1.54) is 0 Å². The number of H-pyrrole nitrogens is 1. The molecule has 8 nitrogen and oxygen atoms in total. The fraction of sp³-hybridized carbons (Fsp3) is 0.292. The summed E-state index contributed by atoms with van der Waals surface area (Å²) in [6.45, 7) is 1.91. The highest BCUT2D eigenvalue weighted by Gasteiger charge is 2.51. The summed E-state index contributed by atoms with van der Waals surface area (Å²) in [5, 5.41) is 6.71. The topological polar surface area (TPSA) is 104 Å². The Kier molecular flexibility index (Phi) is 5.85. The molecule has 3 N–H and O–H groups in total. The van der Waals surface area contributed by atoms with E-state index >= 15 is 0 Å². The molecule has 1 aliphatic rings. The number of urea groups is 1. The molecule has 1 aromatic heterocycles. The van der Waals surface area contributed by atoms with Crippen molar-refractivity contribution in [3.05, 3.63) is 65.9 Å². The molecule has 32 heavy (non-hydrogen) atoms. The van der Waals surface area contributed by atoms with E-state index in [2.05, 4.69) is 15.6 Å². The molecule has 4 amide bonds. The Morgan fingerprint density at radius 1 is 1.12 bits per heavy atom. The minimum atomic E-state index is -1.19. The van der Waals surface area contributed by atoms with E-state index in [1.54, 1.807) is 31.4 Å². The van der Waals surface area contributed by atoms with Gasteiger partial charge in [-0.1, -0.05) is 37.3 Å². The molecule has 2 aromatic carbocycles. The maximum atomic E-state index is 13.2. The lowest BCUT2D eigenvalue weighted by atomic mass is 9.87. The monoisotopic (exact) mass is 434 g/mol. The number of rotatable bonds is 8. The number of methoxy groups -OCH3 is 1. The summed E-state index contributed by atoms with van der Waals surface area (Å²) in [6, 6.07) is 14.4. The van der Waals surface area contributed by atoms with Crippen molar-refractivity contribution in [1.29, 1.82) is 0 Å². The first-order chi connectivity index (χ1) is 15.5. The Hall–Kier alpha value is -3.81. The number of para-hydroxylation sites is 1. The molecule has 0 radical (unpaired) electrons. The van der Waals surface area contributed by atoms with Gasteiger partial charge in [0.15, 0.2) is 0 Å². The molecule has 0 unspecified atom stereocenters. The second kappa shape index (κ2) is 8.74. The molecule has 1 atom stereocenters. The lowest BCUT2D eigenvalue weighted by molar-refractivity contribution is -0.135. The molecular weight excluding hydrogens is 408 g/mol. The first kappa shape index (κ1) is 21.4. The number of ether oxygens (including phenoxy) is 1. The van der Waals surface area contributed by atoms with Crippen LogP contribution in [0, 0.1) is 0 Å². The highest BCUT2D eigenvalue weighted by molar-refractivity contribution is 6.09. The fourth-order valence-electron chi connectivity index (χ4n) is 4.16. The molecule has 0 spiro atoms. The number of hydrogen-bond donors (Lipinski definition) is 3. The van der Waals surface area contributed by atoms with Crippen LogP contribution in [0.3, 0.4) is 0 Å². The van der Waals surface area contributed by atoms with Gasteiger partial charge < -0.3 is 20.4 Å². The molecule has 1 aliphatic heterocycles. The van der Waals surface area contributed by atoms with Crippen molar-refractivity contribution >= 4 is 28.7 Å². The summed E-state index contributed by atoms with van der Waals surface area (Å²) < 4.78 is 5.17. The second-order valence-electron chi connectivity index (χ2n) is 7.77. The van der Waals surface area contributed by atoms with Crippen molar-refractivity contribution in [3.63, 3.8) is 0 Å². The Morgan fingerprint density at radius 3 is 2.59 bits per heavy atom. The number of fused-ring (bicyclic) bond motifs is 1. The molecule has 4 rings (SSSR count). The summed E-state index contributed by atoms with van der Waals surface area (Å²) in [4.78, 5) is 42.5. The van der Waals surface area contributed by atoms with Gasteiger partial charge >= 0.3 is 6.03 Å². The van der Waals surface area contributed by atoms with Crippen molar-refractivity contribution in [1.82, 2.24) is 20.5 Å². The van der Waals surface area contributed by atoms with Crippen molar-refractivity contribution in [2.24, 2.45) is 0 Å². The third-order valence-corrected chi connectivity index (χ3v) is 5.98. The SMILES string of the molecule is CC[C@]1(c2ccc(OC)cc2)NC(=O)N(CC(=O)NCCc2c[nH]c3ccccc23)C1=O. The van der Waals surface area contributed by atoms with Gasteiger partial charge in [0.2, 0.25) is 5.91 Å². The summed E-state index contributed by atoms with van der Waals surface area (Å²) in [7, 11) is 1.56. The van der Waals surface area contributed by atoms with E-state index in [9.17, 15) is 14.4 Å². The van der Waals surface area contributed by atoms with Crippen LogP contribution in [-0.2, 0) is 21.5 Å². The Balaban J connectivity index is 1.39. The smallest absolute Gasteiger partial charge is 0.325 e. The average molecular weight is 434 g/mol. The van der Waals surface area contributed by atoms with Gasteiger partial charge in [-0.25, -0.2) is 4.79 Å². The van der Waals surface area contributed by atoms with Gasteiger partial charge in [0.05, 0.1) is 7.11 Å². The van der Waals surface area contributed by atoms with Crippen LogP contribution in [0.1, 0.15) is 24.5 Å². The van der Waals surface area contributed by atoms with Gasteiger partial charge in [-0.05, 0) is 42.2 Å². The first-order valence-corrected chi connectivity index (χ1v) is 10.6. The lowest BCUT2D eigenvalue weighted by Crippen LogP contribution is -2.45. The van der Waals surface area contributed by atoms with Gasteiger partial charge in [0, 0.05) is 23.6 Å². The van der Waals surface area contributed by atoms with Gasteiger partial charge in [0.25, 0.3) is 5.91 Å². The highest BCUT2D eigenvalue weighted by atomic mass is 16.5. The van der Waals surface area contributed by atoms with Crippen LogP contribution in [0.4, 0.5) is 4.79 Å². The zero-order valence-electron chi connectivity index (χ0n) is 18.1. The summed E-state index contributed by atoms with van der Waals surface area (Å²) in [5.74, 6) is -0.153. The highest BCUT2D eigenvalue weighted by Crippen LogP contribution is 2.33.